The molecule has 2 rings (SSSR count). The maximum absolute atomic E-state index is 13.2. The van der Waals surface area contributed by atoms with Crippen LogP contribution in [-0.2, 0) is 6.54 Å². The first-order valence-corrected chi connectivity index (χ1v) is 9.83. The van der Waals surface area contributed by atoms with E-state index in [-0.39, 0.29) is 17.8 Å². The van der Waals surface area contributed by atoms with Gasteiger partial charge in [0.15, 0.2) is 0 Å². The molecule has 2 aromatic carbocycles. The van der Waals surface area contributed by atoms with Gasteiger partial charge in [0.1, 0.15) is 11.5 Å². The number of aliphatic hydroxyl groups excluding tert-OH is 1. The molecule has 2 aromatic rings. The van der Waals surface area contributed by atoms with Crippen molar-refractivity contribution in [2.45, 2.75) is 38.0 Å². The van der Waals surface area contributed by atoms with Crippen LogP contribution in [-0.4, -0.2) is 43.3 Å². The first-order valence-electron chi connectivity index (χ1n) is 9.83. The first kappa shape index (κ1) is 28.3. The summed E-state index contributed by atoms with van der Waals surface area (Å²) in [4.78, 5) is 1.18. The number of alkyl halides is 10. The number of benzene rings is 2. The van der Waals surface area contributed by atoms with Gasteiger partial charge in [-0.25, -0.2) is 0 Å². The molecule has 14 heteroatoms. The number of anilines is 1. The van der Waals surface area contributed by atoms with Crippen molar-refractivity contribution in [1.82, 2.24) is 0 Å². The predicted octanol–water partition coefficient (Wildman–Crippen LogP) is 6.39. The van der Waals surface area contributed by atoms with Crippen molar-refractivity contribution in [2.75, 3.05) is 18.1 Å². The molecule has 0 aliphatic heterocycles. The zero-order valence-electron chi connectivity index (χ0n) is 17.6. The molecule has 0 heterocycles. The van der Waals surface area contributed by atoms with E-state index in [4.69, 9.17) is 5.11 Å². The van der Waals surface area contributed by atoms with Crippen molar-refractivity contribution in [2.24, 2.45) is 5.92 Å². The zero-order valence-corrected chi connectivity index (χ0v) is 17.6. The van der Waals surface area contributed by atoms with E-state index >= 15 is 0 Å². The summed E-state index contributed by atoms with van der Waals surface area (Å²) in [7, 11) is 0. The van der Waals surface area contributed by atoms with Crippen LogP contribution >= 0.6 is 0 Å². The number of aliphatic hydroxyl groups is 1. The molecule has 0 spiro atoms. The fourth-order valence-electron chi connectivity index (χ4n) is 2.98. The van der Waals surface area contributed by atoms with Crippen LogP contribution in [0.3, 0.4) is 0 Å². The number of rotatable bonds is 11. The third-order valence-electron chi connectivity index (χ3n) is 4.63. The van der Waals surface area contributed by atoms with E-state index in [1.165, 1.54) is 23.1 Å². The van der Waals surface area contributed by atoms with Crippen LogP contribution in [0.4, 0.5) is 49.6 Å². The lowest BCUT2D eigenvalue weighted by atomic mass is 10.1. The molecule has 1 unspecified atom stereocenters. The first-order chi connectivity index (χ1) is 16.1. The van der Waals surface area contributed by atoms with Gasteiger partial charge in [-0.15, -0.1) is 13.2 Å². The number of hydrogen-bond acceptors (Lipinski definition) is 4. The van der Waals surface area contributed by atoms with Crippen molar-refractivity contribution >= 4 is 5.69 Å². The fraction of sp³-hybridized carbons (Fsp3) is 0.429. The summed E-state index contributed by atoms with van der Waals surface area (Å²) in [6.45, 7) is -2.00. The van der Waals surface area contributed by atoms with Gasteiger partial charge < -0.3 is 19.5 Å². The summed E-state index contributed by atoms with van der Waals surface area (Å²) in [5.74, 6) is -3.47. The Bertz CT molecular complexity index is 949. The number of ether oxygens (including phenoxy) is 2. The fourth-order valence-corrected chi connectivity index (χ4v) is 2.98. The Balaban J connectivity index is 2.33. The van der Waals surface area contributed by atoms with Crippen LogP contribution in [0.1, 0.15) is 12.0 Å². The van der Waals surface area contributed by atoms with Gasteiger partial charge in [0, 0.05) is 24.8 Å². The molecule has 4 nitrogen and oxygen atoms in total. The van der Waals surface area contributed by atoms with Crippen LogP contribution in [0.5, 0.6) is 11.5 Å². The van der Waals surface area contributed by atoms with E-state index in [9.17, 15) is 43.9 Å². The molecule has 0 saturated heterocycles. The Labute approximate surface area is 192 Å². The zero-order chi connectivity index (χ0) is 26.4. The van der Waals surface area contributed by atoms with Crippen molar-refractivity contribution in [3.05, 3.63) is 54.1 Å². The van der Waals surface area contributed by atoms with Crippen molar-refractivity contribution < 1.29 is 58.5 Å². The van der Waals surface area contributed by atoms with Crippen LogP contribution in [0.2, 0.25) is 0 Å². The summed E-state index contributed by atoms with van der Waals surface area (Å²) in [6, 6.07) is 8.67. The molecular weight excluding hydrogens is 504 g/mol. The minimum atomic E-state index is -5.04. The molecule has 0 aliphatic carbocycles. The van der Waals surface area contributed by atoms with E-state index in [1.807, 2.05) is 0 Å². The summed E-state index contributed by atoms with van der Waals surface area (Å²) in [5.41, 5.74) is 0.0945. The molecule has 0 saturated carbocycles. The quantitative estimate of drug-likeness (QED) is 0.347. The normalized spacial score (nSPS) is 13.6. The molecular formula is C21H19F10NO3. The molecule has 1 N–H and O–H groups in total. The van der Waals surface area contributed by atoms with Gasteiger partial charge in [-0.1, -0.05) is 18.2 Å². The Kier molecular flexibility index (Phi) is 9.09. The minimum absolute atomic E-state index is 0.0187. The van der Waals surface area contributed by atoms with Crippen molar-refractivity contribution in [3.63, 3.8) is 0 Å². The van der Waals surface area contributed by atoms with Crippen molar-refractivity contribution in [3.8, 4) is 11.5 Å². The molecule has 0 amide bonds. The van der Waals surface area contributed by atoms with Crippen LogP contribution in [0.25, 0.3) is 0 Å². The molecule has 0 bridgehead atoms. The molecule has 35 heavy (non-hydrogen) atoms. The lowest BCUT2D eigenvalue weighted by Crippen LogP contribution is -2.33. The second-order valence-electron chi connectivity index (χ2n) is 7.29. The average molecular weight is 523 g/mol. The minimum Gasteiger partial charge on any atom is -0.428 e. The summed E-state index contributed by atoms with van der Waals surface area (Å²) >= 11 is 0. The highest BCUT2D eigenvalue weighted by atomic mass is 19.4. The molecule has 0 aromatic heterocycles. The lowest BCUT2D eigenvalue weighted by molar-refractivity contribution is -0.274. The van der Waals surface area contributed by atoms with Gasteiger partial charge >= 0.3 is 25.1 Å². The second kappa shape index (κ2) is 11.2. The second-order valence-corrected chi connectivity index (χ2v) is 7.29. The number of nitrogens with zero attached hydrogens (tertiary/aromatic N) is 1. The van der Waals surface area contributed by atoms with Gasteiger partial charge in [-0.2, -0.15) is 30.7 Å². The summed E-state index contributed by atoms with van der Waals surface area (Å²) in [6.07, 6.45) is -19.4. The highest BCUT2D eigenvalue weighted by molar-refractivity contribution is 5.51. The van der Waals surface area contributed by atoms with Crippen LogP contribution in [0, 0.1) is 5.92 Å². The van der Waals surface area contributed by atoms with E-state index in [1.54, 1.807) is 0 Å². The molecule has 1 atom stereocenters. The van der Waals surface area contributed by atoms with E-state index in [0.717, 1.165) is 30.3 Å². The summed E-state index contributed by atoms with van der Waals surface area (Å²) < 4.78 is 136. The maximum atomic E-state index is 13.2. The average Bonchev–Trinajstić information content (AvgIpc) is 2.71. The molecule has 0 fully saturated rings. The lowest BCUT2D eigenvalue weighted by Gasteiger charge is -2.28. The van der Waals surface area contributed by atoms with Gasteiger partial charge in [0.05, 0.1) is 12.5 Å². The molecule has 196 valence electrons. The molecule has 0 aliphatic rings. The Hall–Kier alpha value is -2.90. The Morgan fingerprint density at radius 3 is 1.97 bits per heavy atom. The SMILES string of the molecule is OCC(CCN(Cc1cccc(OC(F)(F)C(F)F)c1)c1cccc(OC(F)(F)F)c1)C(F)(F)F. The number of halogens is 10. The highest BCUT2D eigenvalue weighted by Gasteiger charge is 2.44. The van der Waals surface area contributed by atoms with Crippen molar-refractivity contribution in [1.29, 1.82) is 0 Å². The van der Waals surface area contributed by atoms with E-state index < -0.39 is 62.1 Å². The molecule has 0 radical (unpaired) electrons. The maximum Gasteiger partial charge on any atom is 0.573 e. The topological polar surface area (TPSA) is 41.9 Å². The monoisotopic (exact) mass is 523 g/mol. The van der Waals surface area contributed by atoms with E-state index in [0.29, 0.717) is 0 Å². The largest absolute Gasteiger partial charge is 0.573 e. The third-order valence-corrected chi connectivity index (χ3v) is 4.63. The van der Waals surface area contributed by atoms with Gasteiger partial charge in [0.25, 0.3) is 0 Å². The van der Waals surface area contributed by atoms with Gasteiger partial charge in [-0.3, -0.25) is 0 Å². The highest BCUT2D eigenvalue weighted by Crippen LogP contribution is 2.32. The Morgan fingerprint density at radius 1 is 0.829 bits per heavy atom. The van der Waals surface area contributed by atoms with Crippen LogP contribution < -0.4 is 14.4 Å². The van der Waals surface area contributed by atoms with Gasteiger partial charge in [0.2, 0.25) is 0 Å². The Morgan fingerprint density at radius 2 is 1.43 bits per heavy atom. The van der Waals surface area contributed by atoms with E-state index in [2.05, 4.69) is 9.47 Å². The predicted molar refractivity (Wildman–Crippen MR) is 103 cm³/mol. The smallest absolute Gasteiger partial charge is 0.428 e. The van der Waals surface area contributed by atoms with Gasteiger partial charge in [-0.05, 0) is 36.2 Å². The third kappa shape index (κ3) is 9.00. The summed E-state index contributed by atoms with van der Waals surface area (Å²) in [5, 5.41) is 9.06. The standard InChI is InChI=1S/C21H19F10NO3/c22-18(23)20(27,28)34-16-5-1-3-13(9-16)11-32(8-7-14(12-33)19(24,25)26)15-4-2-6-17(10-15)35-21(29,30)31/h1-6,9-10,14,18,33H,7-8,11-12H2. The van der Waals surface area contributed by atoms with Crippen LogP contribution in [0.15, 0.2) is 48.5 Å². The number of hydrogen-bond donors (Lipinski definition) is 1.